The van der Waals surface area contributed by atoms with E-state index in [1.165, 1.54) is 4.68 Å². The third kappa shape index (κ3) is 2.15. The van der Waals surface area contributed by atoms with Crippen LogP contribution in [-0.2, 0) is 13.5 Å². The number of rotatable bonds is 5. The maximum Gasteiger partial charge on any atom is 0.333 e. The minimum atomic E-state index is -0.406. The Morgan fingerprint density at radius 3 is 2.87 bits per heavy atom. The van der Waals surface area contributed by atoms with Crippen LogP contribution in [0, 0.1) is 10.1 Å². The third-order valence-corrected chi connectivity index (χ3v) is 2.02. The summed E-state index contributed by atoms with van der Waals surface area (Å²) in [7, 11) is 1.68. The molecule has 0 saturated heterocycles. The van der Waals surface area contributed by atoms with Crippen LogP contribution in [0.25, 0.3) is 0 Å². The van der Waals surface area contributed by atoms with E-state index < -0.39 is 4.92 Å². The summed E-state index contributed by atoms with van der Waals surface area (Å²) in [5.74, 6) is 0.428. The van der Waals surface area contributed by atoms with Crippen molar-refractivity contribution in [1.82, 2.24) is 9.78 Å². The zero-order chi connectivity index (χ0) is 11.4. The number of nitro groups is 1. The van der Waals surface area contributed by atoms with Gasteiger partial charge >= 0.3 is 5.69 Å². The van der Waals surface area contributed by atoms with Crippen LogP contribution in [-0.4, -0.2) is 21.2 Å². The van der Waals surface area contributed by atoms with Crippen molar-refractivity contribution in [2.45, 2.75) is 13.3 Å². The average molecular weight is 210 g/mol. The average Bonchev–Trinajstić information content (AvgIpc) is 2.52. The summed E-state index contributed by atoms with van der Waals surface area (Å²) >= 11 is 0. The van der Waals surface area contributed by atoms with Gasteiger partial charge in [-0.3, -0.25) is 10.1 Å². The van der Waals surface area contributed by atoms with Gasteiger partial charge in [0, 0.05) is 13.6 Å². The number of hydrogen-bond donors (Lipinski definition) is 1. The van der Waals surface area contributed by atoms with Crippen LogP contribution in [0.3, 0.4) is 0 Å². The second-order valence-electron chi connectivity index (χ2n) is 3.05. The van der Waals surface area contributed by atoms with Gasteiger partial charge in [0.05, 0.1) is 4.92 Å². The summed E-state index contributed by atoms with van der Waals surface area (Å²) in [4.78, 5) is 10.5. The highest BCUT2D eigenvalue weighted by Gasteiger charge is 2.24. The first-order valence-electron chi connectivity index (χ1n) is 4.66. The minimum absolute atomic E-state index is 0.0573. The van der Waals surface area contributed by atoms with Gasteiger partial charge in [0.25, 0.3) is 0 Å². The van der Waals surface area contributed by atoms with Gasteiger partial charge in [0.15, 0.2) is 0 Å². The molecule has 1 heterocycles. The molecule has 0 saturated carbocycles. The molecule has 0 radical (unpaired) electrons. The predicted octanol–water partition coefficient (Wildman–Crippen LogP) is 1.49. The molecular weight excluding hydrogens is 196 g/mol. The Labute approximate surface area is 87.7 Å². The standard InChI is InChI=1S/C9H14N4O2/c1-4-6-10-9-8(13(14)15)7(5-2)11-12(9)3/h4,10H,1,5-6H2,2-3H3. The lowest BCUT2D eigenvalue weighted by molar-refractivity contribution is -0.384. The predicted molar refractivity (Wildman–Crippen MR) is 57.9 cm³/mol. The van der Waals surface area contributed by atoms with E-state index in [9.17, 15) is 10.1 Å². The van der Waals surface area contributed by atoms with Crippen molar-refractivity contribution in [3.05, 3.63) is 28.5 Å². The Morgan fingerprint density at radius 2 is 2.40 bits per heavy atom. The molecule has 0 fully saturated rings. The van der Waals surface area contributed by atoms with Crippen LogP contribution < -0.4 is 5.32 Å². The highest BCUT2D eigenvalue weighted by molar-refractivity contribution is 5.60. The molecule has 6 nitrogen and oxygen atoms in total. The molecule has 0 aliphatic carbocycles. The molecule has 0 atom stereocenters. The summed E-state index contributed by atoms with van der Waals surface area (Å²) in [5.41, 5.74) is 0.552. The smallest absolute Gasteiger partial charge is 0.333 e. The molecule has 1 N–H and O–H groups in total. The van der Waals surface area contributed by atoms with E-state index in [2.05, 4.69) is 17.0 Å². The molecule has 0 spiro atoms. The summed E-state index contributed by atoms with van der Waals surface area (Å²) in [6, 6.07) is 0. The number of aryl methyl sites for hydroxylation is 2. The first-order chi connectivity index (χ1) is 7.11. The minimum Gasteiger partial charge on any atom is -0.361 e. The fourth-order valence-corrected chi connectivity index (χ4v) is 1.37. The lowest BCUT2D eigenvalue weighted by Crippen LogP contribution is -2.05. The van der Waals surface area contributed by atoms with E-state index in [0.717, 1.165) is 0 Å². The largest absolute Gasteiger partial charge is 0.361 e. The maximum atomic E-state index is 10.9. The Bertz CT molecular complexity index is 384. The summed E-state index contributed by atoms with van der Waals surface area (Å²) < 4.78 is 1.49. The molecule has 82 valence electrons. The molecule has 0 aliphatic rings. The Kier molecular flexibility index (Phi) is 3.43. The Balaban J connectivity index is 3.15. The number of aromatic nitrogens is 2. The van der Waals surface area contributed by atoms with Gasteiger partial charge in [0.1, 0.15) is 5.69 Å². The second-order valence-corrected chi connectivity index (χ2v) is 3.05. The number of hydrogen-bond acceptors (Lipinski definition) is 4. The van der Waals surface area contributed by atoms with Gasteiger partial charge in [-0.25, -0.2) is 4.68 Å². The van der Waals surface area contributed by atoms with Crippen LogP contribution in [0.2, 0.25) is 0 Å². The topological polar surface area (TPSA) is 73.0 Å². The van der Waals surface area contributed by atoms with Crippen molar-refractivity contribution >= 4 is 11.5 Å². The summed E-state index contributed by atoms with van der Waals surface area (Å²) in [5, 5.41) is 17.9. The fraction of sp³-hybridized carbons (Fsp3) is 0.444. The van der Waals surface area contributed by atoms with E-state index in [4.69, 9.17) is 0 Å². The molecule has 0 bridgehead atoms. The number of anilines is 1. The Hall–Kier alpha value is -1.85. The first-order valence-corrected chi connectivity index (χ1v) is 4.66. The van der Waals surface area contributed by atoms with E-state index in [1.54, 1.807) is 13.1 Å². The highest BCUT2D eigenvalue weighted by atomic mass is 16.6. The van der Waals surface area contributed by atoms with Gasteiger partial charge in [-0.1, -0.05) is 13.0 Å². The molecule has 0 aliphatic heterocycles. The van der Waals surface area contributed by atoms with Crippen LogP contribution in [0.1, 0.15) is 12.6 Å². The molecule has 1 rings (SSSR count). The van der Waals surface area contributed by atoms with Crippen molar-refractivity contribution < 1.29 is 4.92 Å². The van der Waals surface area contributed by atoms with Crippen molar-refractivity contribution in [1.29, 1.82) is 0 Å². The van der Waals surface area contributed by atoms with E-state index in [-0.39, 0.29) is 5.69 Å². The van der Waals surface area contributed by atoms with Gasteiger partial charge in [-0.15, -0.1) is 6.58 Å². The van der Waals surface area contributed by atoms with Crippen molar-refractivity contribution in [3.63, 3.8) is 0 Å². The zero-order valence-corrected chi connectivity index (χ0v) is 8.86. The molecule has 6 heteroatoms. The zero-order valence-electron chi connectivity index (χ0n) is 8.86. The van der Waals surface area contributed by atoms with Crippen molar-refractivity contribution in [2.75, 3.05) is 11.9 Å². The third-order valence-electron chi connectivity index (χ3n) is 2.02. The quantitative estimate of drug-likeness (QED) is 0.454. The van der Waals surface area contributed by atoms with Crippen molar-refractivity contribution in [3.8, 4) is 0 Å². The van der Waals surface area contributed by atoms with Crippen LogP contribution in [0.4, 0.5) is 11.5 Å². The molecule has 1 aromatic heterocycles. The normalized spacial score (nSPS) is 10.0. The van der Waals surface area contributed by atoms with E-state index in [0.29, 0.717) is 24.5 Å². The first kappa shape index (κ1) is 11.2. The van der Waals surface area contributed by atoms with Crippen LogP contribution >= 0.6 is 0 Å². The lowest BCUT2D eigenvalue weighted by Gasteiger charge is -2.01. The van der Waals surface area contributed by atoms with Crippen LogP contribution in [0.5, 0.6) is 0 Å². The summed E-state index contributed by atoms with van der Waals surface area (Å²) in [6.45, 7) is 5.86. The molecule has 0 aromatic carbocycles. The number of nitrogens with zero attached hydrogens (tertiary/aromatic N) is 3. The van der Waals surface area contributed by atoms with Crippen LogP contribution in [0.15, 0.2) is 12.7 Å². The fourth-order valence-electron chi connectivity index (χ4n) is 1.37. The van der Waals surface area contributed by atoms with Gasteiger partial charge in [-0.05, 0) is 6.42 Å². The molecule has 0 amide bonds. The Morgan fingerprint density at radius 1 is 1.73 bits per heavy atom. The van der Waals surface area contributed by atoms with E-state index >= 15 is 0 Å². The molecular formula is C9H14N4O2. The van der Waals surface area contributed by atoms with Crippen molar-refractivity contribution in [2.24, 2.45) is 7.05 Å². The van der Waals surface area contributed by atoms with Gasteiger partial charge < -0.3 is 5.32 Å². The molecule has 15 heavy (non-hydrogen) atoms. The monoisotopic (exact) mass is 210 g/mol. The SMILES string of the molecule is C=CCNc1c([N+](=O)[O-])c(CC)nn1C. The van der Waals surface area contributed by atoms with Gasteiger partial charge in [0.2, 0.25) is 5.82 Å². The second kappa shape index (κ2) is 4.59. The van der Waals surface area contributed by atoms with E-state index in [1.807, 2.05) is 6.92 Å². The van der Waals surface area contributed by atoms with Gasteiger partial charge in [-0.2, -0.15) is 5.10 Å². The maximum absolute atomic E-state index is 10.9. The highest BCUT2D eigenvalue weighted by Crippen LogP contribution is 2.27. The number of nitrogens with one attached hydrogen (secondary N) is 1. The molecule has 1 aromatic rings. The molecule has 0 unspecified atom stereocenters. The summed E-state index contributed by atoms with van der Waals surface area (Å²) in [6.07, 6.45) is 2.18. The lowest BCUT2D eigenvalue weighted by atomic mass is 10.3.